The predicted octanol–water partition coefficient (Wildman–Crippen LogP) is 5.33. The lowest BCUT2D eigenvalue weighted by Gasteiger charge is -2.18. The number of carbonyl (C=O) groups is 1. The number of hydrogen-bond donors (Lipinski definition) is 0. The van der Waals surface area contributed by atoms with Gasteiger partial charge in [0.1, 0.15) is 11.3 Å². The highest BCUT2D eigenvalue weighted by atomic mass is 35.5. The molecule has 6 nitrogen and oxygen atoms in total. The normalized spacial score (nSPS) is 11.6. The molecule has 1 amide bonds. The minimum Gasteiger partial charge on any atom is -0.467 e. The highest BCUT2D eigenvalue weighted by Gasteiger charge is 2.23. The molecule has 0 bridgehead atoms. The zero-order valence-electron chi connectivity index (χ0n) is 16.4. The second-order valence-electron chi connectivity index (χ2n) is 6.88. The van der Waals surface area contributed by atoms with E-state index >= 15 is 0 Å². The number of benzene rings is 2. The third-order valence-electron chi connectivity index (χ3n) is 4.69. The Balaban J connectivity index is 1.52. The number of para-hydroxylation sites is 1. The Morgan fingerprint density at radius 2 is 1.87 bits per heavy atom. The molecule has 0 radical (unpaired) electrons. The number of fused-ring (bicyclic) bond motifs is 1. The molecule has 2 aromatic carbocycles. The molecule has 0 aliphatic carbocycles. The highest BCUT2D eigenvalue weighted by molar-refractivity contribution is 7.91. The topological polar surface area (TPSA) is 80.5 Å². The van der Waals surface area contributed by atoms with Crippen molar-refractivity contribution in [2.45, 2.75) is 24.3 Å². The fourth-order valence-corrected chi connectivity index (χ4v) is 5.75. The van der Waals surface area contributed by atoms with Gasteiger partial charge in [-0.1, -0.05) is 47.2 Å². The Bertz CT molecular complexity index is 1290. The summed E-state index contributed by atoms with van der Waals surface area (Å²) >= 11 is 7.60. The Morgan fingerprint density at radius 3 is 2.58 bits per heavy atom. The molecule has 31 heavy (non-hydrogen) atoms. The summed E-state index contributed by atoms with van der Waals surface area (Å²) in [5.74, 6) is 0.272. The molecule has 0 atom stereocenters. The van der Waals surface area contributed by atoms with Crippen LogP contribution >= 0.6 is 22.9 Å². The number of thiazole rings is 1. The molecule has 0 aliphatic rings. The number of anilines is 1. The number of hydrogen-bond acceptors (Lipinski definition) is 6. The second kappa shape index (κ2) is 9.21. The van der Waals surface area contributed by atoms with Crippen LogP contribution < -0.4 is 4.90 Å². The number of aromatic nitrogens is 1. The van der Waals surface area contributed by atoms with Gasteiger partial charge in [0.2, 0.25) is 5.91 Å². The molecule has 2 heterocycles. The number of halogens is 1. The van der Waals surface area contributed by atoms with Crippen molar-refractivity contribution in [2.24, 2.45) is 0 Å². The lowest BCUT2D eigenvalue weighted by atomic mass is 10.3. The monoisotopic (exact) mass is 474 g/mol. The van der Waals surface area contributed by atoms with Crippen LogP contribution in [0, 0.1) is 0 Å². The molecule has 9 heteroatoms. The fourth-order valence-electron chi connectivity index (χ4n) is 3.13. The van der Waals surface area contributed by atoms with Crippen LogP contribution in [0.5, 0.6) is 0 Å². The van der Waals surface area contributed by atoms with Crippen molar-refractivity contribution in [3.8, 4) is 0 Å². The number of amides is 1. The summed E-state index contributed by atoms with van der Waals surface area (Å²) in [5, 5.41) is 1.01. The second-order valence-corrected chi connectivity index (χ2v) is 10.4. The molecule has 0 N–H and O–H groups in total. The summed E-state index contributed by atoms with van der Waals surface area (Å²) in [5.41, 5.74) is 0.632. The van der Waals surface area contributed by atoms with Gasteiger partial charge in [-0.3, -0.25) is 9.69 Å². The number of nitrogens with zero attached hydrogens (tertiary/aromatic N) is 2. The van der Waals surface area contributed by atoms with Crippen molar-refractivity contribution in [1.29, 1.82) is 0 Å². The zero-order valence-corrected chi connectivity index (χ0v) is 18.8. The maximum Gasteiger partial charge on any atom is 0.229 e. The van der Waals surface area contributed by atoms with E-state index in [-0.39, 0.29) is 35.9 Å². The van der Waals surface area contributed by atoms with Gasteiger partial charge in [-0.25, -0.2) is 13.4 Å². The molecule has 0 saturated heterocycles. The van der Waals surface area contributed by atoms with Crippen LogP contribution in [0.25, 0.3) is 10.2 Å². The van der Waals surface area contributed by atoms with E-state index in [0.29, 0.717) is 21.4 Å². The number of rotatable bonds is 8. The molecule has 4 aromatic rings. The molecule has 160 valence electrons. The van der Waals surface area contributed by atoms with Gasteiger partial charge in [0, 0.05) is 6.42 Å². The first-order valence-electron chi connectivity index (χ1n) is 9.60. The van der Waals surface area contributed by atoms with Crippen molar-refractivity contribution in [2.75, 3.05) is 10.7 Å². The van der Waals surface area contributed by atoms with Crippen LogP contribution in [0.3, 0.4) is 0 Å². The highest BCUT2D eigenvalue weighted by Crippen LogP contribution is 2.34. The zero-order chi connectivity index (χ0) is 21.8. The van der Waals surface area contributed by atoms with Gasteiger partial charge in [-0.05, 0) is 42.8 Å². The fraction of sp³-hybridized carbons (Fsp3) is 0.182. The standard InChI is InChI=1S/C22H19ClN2O4S2/c23-18-10-4-11-19-21(18)24-22(30-19)25(15-16-7-5-13-29-16)20(26)12-6-14-31(27,28)17-8-2-1-3-9-17/h1-5,7-11,13H,6,12,14-15H2. The van der Waals surface area contributed by atoms with Crippen LogP contribution in [0.2, 0.25) is 5.02 Å². The SMILES string of the molecule is O=C(CCCS(=O)(=O)c1ccccc1)N(Cc1ccco1)c1nc2c(Cl)cccc2s1. The quantitative estimate of drug-likeness (QED) is 0.345. The number of furan rings is 1. The molecule has 0 fully saturated rings. The van der Waals surface area contributed by atoms with E-state index in [1.807, 2.05) is 12.1 Å². The Kier molecular flexibility index (Phi) is 6.41. The van der Waals surface area contributed by atoms with Gasteiger partial charge in [0.15, 0.2) is 15.0 Å². The average molecular weight is 475 g/mol. The number of carbonyl (C=O) groups excluding carboxylic acids is 1. The molecule has 0 spiro atoms. The van der Waals surface area contributed by atoms with Crippen molar-refractivity contribution < 1.29 is 17.6 Å². The van der Waals surface area contributed by atoms with Crippen LogP contribution in [0.1, 0.15) is 18.6 Å². The first-order chi connectivity index (χ1) is 14.9. The van der Waals surface area contributed by atoms with E-state index in [0.717, 1.165) is 4.70 Å². The van der Waals surface area contributed by atoms with Gasteiger partial charge in [-0.2, -0.15) is 0 Å². The summed E-state index contributed by atoms with van der Waals surface area (Å²) in [6.07, 6.45) is 1.81. The van der Waals surface area contributed by atoms with Crippen molar-refractivity contribution in [3.63, 3.8) is 0 Å². The van der Waals surface area contributed by atoms with E-state index in [1.54, 1.807) is 54.8 Å². The lowest BCUT2D eigenvalue weighted by molar-refractivity contribution is -0.118. The summed E-state index contributed by atoms with van der Waals surface area (Å²) < 4.78 is 31.3. The largest absolute Gasteiger partial charge is 0.467 e. The van der Waals surface area contributed by atoms with Gasteiger partial charge in [-0.15, -0.1) is 0 Å². The maximum atomic E-state index is 13.1. The third-order valence-corrected chi connectivity index (χ3v) is 7.86. The molecule has 4 rings (SSSR count). The first kappa shape index (κ1) is 21.5. The summed E-state index contributed by atoms with van der Waals surface area (Å²) in [4.78, 5) is 19.4. The summed E-state index contributed by atoms with van der Waals surface area (Å²) in [6, 6.07) is 17.3. The van der Waals surface area contributed by atoms with E-state index in [2.05, 4.69) is 4.98 Å². The summed E-state index contributed by atoms with van der Waals surface area (Å²) in [6.45, 7) is 0.203. The Labute approximate surface area is 189 Å². The average Bonchev–Trinajstić information content (AvgIpc) is 3.43. The Morgan fingerprint density at radius 1 is 1.06 bits per heavy atom. The molecular formula is C22H19ClN2O4S2. The molecule has 2 aromatic heterocycles. The van der Waals surface area contributed by atoms with Crippen LogP contribution in [-0.2, 0) is 21.2 Å². The minimum absolute atomic E-state index is 0.0659. The van der Waals surface area contributed by atoms with E-state index in [9.17, 15) is 13.2 Å². The maximum absolute atomic E-state index is 13.1. The van der Waals surface area contributed by atoms with Gasteiger partial charge in [0.05, 0.1) is 33.2 Å². The van der Waals surface area contributed by atoms with Crippen molar-refractivity contribution in [1.82, 2.24) is 4.98 Å². The van der Waals surface area contributed by atoms with Crippen molar-refractivity contribution in [3.05, 3.63) is 77.7 Å². The predicted molar refractivity (Wildman–Crippen MR) is 122 cm³/mol. The smallest absolute Gasteiger partial charge is 0.229 e. The first-order valence-corrected chi connectivity index (χ1v) is 12.4. The Hall–Kier alpha value is -2.68. The molecule has 0 saturated carbocycles. The van der Waals surface area contributed by atoms with E-state index < -0.39 is 9.84 Å². The summed E-state index contributed by atoms with van der Waals surface area (Å²) in [7, 11) is -3.44. The van der Waals surface area contributed by atoms with Gasteiger partial charge in [0.25, 0.3) is 0 Å². The minimum atomic E-state index is -3.44. The van der Waals surface area contributed by atoms with Gasteiger partial charge < -0.3 is 4.42 Å². The van der Waals surface area contributed by atoms with Crippen LogP contribution in [0.15, 0.2) is 76.2 Å². The molecular weight excluding hydrogens is 456 g/mol. The van der Waals surface area contributed by atoms with E-state index in [4.69, 9.17) is 16.0 Å². The number of sulfone groups is 1. The third kappa shape index (κ3) is 4.98. The van der Waals surface area contributed by atoms with Gasteiger partial charge >= 0.3 is 0 Å². The van der Waals surface area contributed by atoms with Crippen LogP contribution in [-0.4, -0.2) is 25.1 Å². The van der Waals surface area contributed by atoms with E-state index in [1.165, 1.54) is 16.2 Å². The van der Waals surface area contributed by atoms with Crippen molar-refractivity contribution >= 4 is 54.0 Å². The molecule has 0 unspecified atom stereocenters. The lowest BCUT2D eigenvalue weighted by Crippen LogP contribution is -2.30. The van der Waals surface area contributed by atoms with Crippen LogP contribution in [0.4, 0.5) is 5.13 Å². The molecule has 0 aliphatic heterocycles.